The number of hydrogen-bond donors (Lipinski definition) is 1. The Morgan fingerprint density at radius 2 is 2.30 bits per heavy atom. The van der Waals surface area contributed by atoms with E-state index in [1.165, 1.54) is 6.07 Å². The zero-order chi connectivity index (χ0) is 13.8. The van der Waals surface area contributed by atoms with Crippen LogP contribution >= 0.6 is 28.3 Å². The third kappa shape index (κ3) is 4.17. The maximum atomic E-state index is 13.7. The summed E-state index contributed by atoms with van der Waals surface area (Å²) in [6, 6.07) is 4.71. The highest BCUT2D eigenvalue weighted by molar-refractivity contribution is 9.10. The van der Waals surface area contributed by atoms with E-state index in [0.29, 0.717) is 18.7 Å². The Hall–Kier alpha value is -0.650. The molecule has 1 aliphatic rings. The van der Waals surface area contributed by atoms with Gasteiger partial charge in [-0.1, -0.05) is 15.9 Å². The molecule has 6 heteroatoms. The van der Waals surface area contributed by atoms with Crippen LogP contribution in [0, 0.1) is 5.82 Å². The van der Waals surface area contributed by atoms with Gasteiger partial charge < -0.3 is 10.2 Å². The molecule has 1 N–H and O–H groups in total. The summed E-state index contributed by atoms with van der Waals surface area (Å²) in [7, 11) is 0. The maximum Gasteiger partial charge on any atom is 0.239 e. The molecule has 1 amide bonds. The number of benzene rings is 1. The van der Waals surface area contributed by atoms with Crippen LogP contribution in [0.2, 0.25) is 0 Å². The minimum absolute atomic E-state index is 0. The Balaban J connectivity index is 0.00000200. The maximum absolute atomic E-state index is 13.7. The lowest BCUT2D eigenvalue weighted by atomic mass is 10.1. The van der Waals surface area contributed by atoms with Gasteiger partial charge in [0.15, 0.2) is 0 Å². The molecule has 0 radical (unpaired) electrons. The normalized spacial score (nSPS) is 17.6. The highest BCUT2D eigenvalue weighted by Crippen LogP contribution is 2.18. The average molecular weight is 366 g/mol. The number of likely N-dealkylation sites (N-methyl/N-ethyl adjacent to an activating group) is 1. The largest absolute Gasteiger partial charge is 0.337 e. The molecule has 20 heavy (non-hydrogen) atoms. The van der Waals surface area contributed by atoms with Crippen molar-refractivity contribution in [1.82, 2.24) is 10.2 Å². The van der Waals surface area contributed by atoms with E-state index < -0.39 is 0 Å². The van der Waals surface area contributed by atoms with E-state index in [0.717, 1.165) is 23.9 Å². The van der Waals surface area contributed by atoms with Crippen molar-refractivity contribution in [3.63, 3.8) is 0 Å². The summed E-state index contributed by atoms with van der Waals surface area (Å²) in [6.45, 7) is 3.71. The fraction of sp³-hybridized carbons (Fsp3) is 0.500. The smallest absolute Gasteiger partial charge is 0.239 e. The Morgan fingerprint density at radius 3 is 2.90 bits per heavy atom. The van der Waals surface area contributed by atoms with Crippen molar-refractivity contribution >= 4 is 34.2 Å². The first-order valence-corrected chi connectivity index (χ1v) is 7.37. The van der Waals surface area contributed by atoms with Gasteiger partial charge >= 0.3 is 0 Å². The molecular weight excluding hydrogens is 347 g/mol. The lowest BCUT2D eigenvalue weighted by molar-refractivity contribution is -0.133. The summed E-state index contributed by atoms with van der Waals surface area (Å²) in [5.74, 6) is -0.201. The van der Waals surface area contributed by atoms with Crippen LogP contribution < -0.4 is 5.32 Å². The second-order valence-corrected chi connectivity index (χ2v) is 5.65. The number of rotatable bonds is 4. The monoisotopic (exact) mass is 364 g/mol. The molecular formula is C14H19BrClFN2O. The van der Waals surface area contributed by atoms with Crippen molar-refractivity contribution in [2.45, 2.75) is 32.4 Å². The van der Waals surface area contributed by atoms with Gasteiger partial charge in [0.1, 0.15) is 5.82 Å². The highest BCUT2D eigenvalue weighted by atomic mass is 79.9. The molecule has 0 aromatic heterocycles. The van der Waals surface area contributed by atoms with Crippen molar-refractivity contribution < 1.29 is 9.18 Å². The molecule has 0 spiro atoms. The zero-order valence-corrected chi connectivity index (χ0v) is 13.8. The summed E-state index contributed by atoms with van der Waals surface area (Å²) >= 11 is 3.33. The number of amides is 1. The number of carbonyl (C=O) groups is 1. The molecule has 1 unspecified atom stereocenters. The summed E-state index contributed by atoms with van der Waals surface area (Å²) in [4.78, 5) is 14.0. The molecule has 1 heterocycles. The first-order valence-electron chi connectivity index (χ1n) is 6.58. The molecule has 3 nitrogen and oxygen atoms in total. The first-order chi connectivity index (χ1) is 9.11. The molecule has 1 saturated heterocycles. The molecule has 1 aromatic carbocycles. The van der Waals surface area contributed by atoms with Gasteiger partial charge in [-0.15, -0.1) is 12.4 Å². The van der Waals surface area contributed by atoms with E-state index in [1.807, 2.05) is 6.92 Å². The van der Waals surface area contributed by atoms with Crippen LogP contribution in [0.3, 0.4) is 0 Å². The number of carbonyl (C=O) groups excluding carboxylic acids is 1. The number of nitrogens with one attached hydrogen (secondary N) is 1. The molecule has 2 rings (SSSR count). The lowest BCUT2D eigenvalue weighted by Gasteiger charge is -2.24. The Morgan fingerprint density at radius 1 is 1.55 bits per heavy atom. The molecule has 1 atom stereocenters. The van der Waals surface area contributed by atoms with Crippen LogP contribution in [-0.4, -0.2) is 29.9 Å². The van der Waals surface area contributed by atoms with Gasteiger partial charge in [-0.2, -0.15) is 0 Å². The summed E-state index contributed by atoms with van der Waals surface area (Å²) in [5.41, 5.74) is 0.544. The summed E-state index contributed by atoms with van der Waals surface area (Å²) < 4.78 is 14.6. The van der Waals surface area contributed by atoms with E-state index >= 15 is 0 Å². The predicted molar refractivity (Wildman–Crippen MR) is 83.5 cm³/mol. The fourth-order valence-electron chi connectivity index (χ4n) is 2.33. The van der Waals surface area contributed by atoms with E-state index in [4.69, 9.17) is 0 Å². The Labute approximate surface area is 133 Å². The first kappa shape index (κ1) is 17.4. The molecule has 1 aliphatic heterocycles. The van der Waals surface area contributed by atoms with Crippen molar-refractivity contribution in [2.24, 2.45) is 0 Å². The van der Waals surface area contributed by atoms with Gasteiger partial charge in [-0.25, -0.2) is 4.39 Å². The van der Waals surface area contributed by atoms with E-state index in [-0.39, 0.29) is 30.2 Å². The van der Waals surface area contributed by atoms with Gasteiger partial charge in [-0.3, -0.25) is 4.79 Å². The third-order valence-corrected chi connectivity index (χ3v) is 3.91. The van der Waals surface area contributed by atoms with Crippen LogP contribution in [0.4, 0.5) is 4.39 Å². The van der Waals surface area contributed by atoms with Crippen molar-refractivity contribution in [3.05, 3.63) is 34.1 Å². The summed E-state index contributed by atoms with van der Waals surface area (Å²) in [5, 5.41) is 3.19. The van der Waals surface area contributed by atoms with Gasteiger partial charge in [0.05, 0.1) is 6.04 Å². The van der Waals surface area contributed by atoms with E-state index in [9.17, 15) is 9.18 Å². The van der Waals surface area contributed by atoms with Crippen molar-refractivity contribution in [1.29, 1.82) is 0 Å². The van der Waals surface area contributed by atoms with E-state index in [2.05, 4.69) is 21.2 Å². The average Bonchev–Trinajstić information content (AvgIpc) is 2.93. The predicted octanol–water partition coefficient (Wildman–Crippen LogP) is 3.11. The van der Waals surface area contributed by atoms with Crippen molar-refractivity contribution in [2.75, 3.05) is 13.1 Å². The Kier molecular flexibility index (Phi) is 6.92. The van der Waals surface area contributed by atoms with Gasteiger partial charge in [-0.05, 0) is 44.5 Å². The van der Waals surface area contributed by atoms with Crippen molar-refractivity contribution in [3.8, 4) is 0 Å². The highest BCUT2D eigenvalue weighted by Gasteiger charge is 2.26. The lowest BCUT2D eigenvalue weighted by Crippen LogP contribution is -2.43. The Bertz CT molecular complexity index is 466. The van der Waals surface area contributed by atoms with Crippen LogP contribution in [0.5, 0.6) is 0 Å². The molecule has 0 aliphatic carbocycles. The minimum atomic E-state index is -0.270. The molecule has 1 aromatic rings. The third-order valence-electron chi connectivity index (χ3n) is 3.42. The minimum Gasteiger partial charge on any atom is -0.337 e. The van der Waals surface area contributed by atoms with Gasteiger partial charge in [0.2, 0.25) is 5.91 Å². The quantitative estimate of drug-likeness (QED) is 0.889. The molecule has 0 bridgehead atoms. The second-order valence-electron chi connectivity index (χ2n) is 4.74. The van der Waals surface area contributed by atoms with Crippen LogP contribution in [0.15, 0.2) is 22.7 Å². The van der Waals surface area contributed by atoms with Crippen LogP contribution in [0.1, 0.15) is 25.3 Å². The number of hydrogen-bond acceptors (Lipinski definition) is 2. The fourth-order valence-corrected chi connectivity index (χ4v) is 2.74. The number of halogens is 3. The van der Waals surface area contributed by atoms with Crippen LogP contribution in [-0.2, 0) is 11.3 Å². The van der Waals surface area contributed by atoms with Gasteiger partial charge in [0.25, 0.3) is 0 Å². The molecule has 0 saturated carbocycles. The van der Waals surface area contributed by atoms with E-state index in [1.54, 1.807) is 17.0 Å². The number of nitrogens with zero attached hydrogens (tertiary/aromatic N) is 1. The topological polar surface area (TPSA) is 32.3 Å². The molecule has 1 fully saturated rings. The molecule has 112 valence electrons. The second kappa shape index (κ2) is 7.96. The zero-order valence-electron chi connectivity index (χ0n) is 11.4. The summed E-state index contributed by atoms with van der Waals surface area (Å²) in [6.07, 6.45) is 1.90. The van der Waals surface area contributed by atoms with Gasteiger partial charge in [0, 0.05) is 23.1 Å². The van der Waals surface area contributed by atoms with Crippen LogP contribution in [0.25, 0.3) is 0 Å². The SMILES string of the molecule is CCN(Cc1cc(Br)ccc1F)C(=O)C1CCCN1.Cl. The standard InChI is InChI=1S/C14H18BrFN2O.ClH/c1-2-18(14(19)13-4-3-7-17-13)9-10-8-11(15)5-6-12(10)16;/h5-6,8,13,17H,2-4,7,9H2,1H3;1H.